The van der Waals surface area contributed by atoms with E-state index in [0.717, 1.165) is 98.3 Å². The molecule has 6 rings (SSSR count). The van der Waals surface area contributed by atoms with Gasteiger partial charge in [0.15, 0.2) is 6.23 Å². The highest BCUT2D eigenvalue weighted by Gasteiger charge is 2.27. The quantitative estimate of drug-likeness (QED) is 0.601. The molecule has 1 N–H and O–H groups in total. The van der Waals surface area contributed by atoms with E-state index in [2.05, 4.69) is 35.3 Å². The molecule has 0 aromatic carbocycles. The zero-order chi connectivity index (χ0) is 23.1. The maximum Gasteiger partial charge on any atom is 0.150 e. The number of hydrogen-bond donors (Lipinski definition) is 1. The summed E-state index contributed by atoms with van der Waals surface area (Å²) in [6, 6.07) is 4.68. The first-order valence-corrected chi connectivity index (χ1v) is 13.2. The molecule has 2 fully saturated rings. The highest BCUT2D eigenvalue weighted by atomic mass is 32.1. The zero-order valence-electron chi connectivity index (χ0n) is 19.9. The minimum absolute atomic E-state index is 0.0387. The molecule has 0 bridgehead atoms. The fraction of sp³-hybridized carbons (Fsp3) is 0.560. The molecule has 2 saturated heterocycles. The molecule has 3 aromatic rings. The van der Waals surface area contributed by atoms with Gasteiger partial charge < -0.3 is 19.7 Å². The summed E-state index contributed by atoms with van der Waals surface area (Å²) in [7, 11) is 0. The number of aryl methyl sites for hydroxylation is 1. The number of fused-ring (bicyclic) bond motifs is 1. The van der Waals surface area contributed by atoms with Crippen LogP contribution in [0.3, 0.4) is 0 Å². The topological polar surface area (TPSA) is 77.3 Å². The number of nitrogens with one attached hydrogen (secondary N) is 1. The Morgan fingerprint density at radius 1 is 1.21 bits per heavy atom. The van der Waals surface area contributed by atoms with Gasteiger partial charge in [0.2, 0.25) is 0 Å². The molecule has 0 saturated carbocycles. The molecule has 180 valence electrons. The van der Waals surface area contributed by atoms with Crippen molar-refractivity contribution < 1.29 is 9.47 Å². The van der Waals surface area contributed by atoms with E-state index < -0.39 is 0 Å². The van der Waals surface area contributed by atoms with Crippen molar-refractivity contribution in [2.75, 3.05) is 44.4 Å². The van der Waals surface area contributed by atoms with Gasteiger partial charge in [-0.1, -0.05) is 6.08 Å². The molecular formula is C25H32N6O2S. The summed E-state index contributed by atoms with van der Waals surface area (Å²) in [5.74, 6) is 1.01. The van der Waals surface area contributed by atoms with Gasteiger partial charge in [-0.25, -0.2) is 9.67 Å². The number of morpholine rings is 1. The Morgan fingerprint density at radius 2 is 2.15 bits per heavy atom. The van der Waals surface area contributed by atoms with Crippen LogP contribution in [0.1, 0.15) is 50.1 Å². The van der Waals surface area contributed by atoms with E-state index >= 15 is 0 Å². The standard InChI is InChI=1S/C25H32N6O2S/c1-16-13-20(31(28-16)22-5-3-4-11-33-22)23-24-25(34-29-23)19(18-6-8-26-9-7-18)14-21(27-24)30-10-12-32-15-17(30)2/h6,13-14,17,22,26H,3-5,7-12,15H2,1-2H3/t17-,22?/m1/s1. The Balaban J connectivity index is 1.52. The lowest BCUT2D eigenvalue weighted by Gasteiger charge is -2.34. The molecule has 0 amide bonds. The van der Waals surface area contributed by atoms with E-state index in [1.807, 2.05) is 11.6 Å². The van der Waals surface area contributed by atoms with Crippen molar-refractivity contribution in [3.05, 3.63) is 29.5 Å². The SMILES string of the molecule is Cc1cc(-c2nsc3c(C4=CCNCC4)cc(N4CCOC[C@H]4C)nc23)n(C2CCCCO2)n1. The Hall–Kier alpha value is -2.33. The fourth-order valence-electron chi connectivity index (χ4n) is 5.23. The van der Waals surface area contributed by atoms with Gasteiger partial charge >= 0.3 is 0 Å². The van der Waals surface area contributed by atoms with Gasteiger partial charge in [0.25, 0.3) is 0 Å². The monoisotopic (exact) mass is 480 g/mol. The van der Waals surface area contributed by atoms with Crippen LogP contribution in [0.25, 0.3) is 27.2 Å². The van der Waals surface area contributed by atoms with Crippen LogP contribution in [-0.4, -0.2) is 64.6 Å². The minimum Gasteiger partial charge on any atom is -0.377 e. The lowest BCUT2D eigenvalue weighted by Crippen LogP contribution is -2.44. The van der Waals surface area contributed by atoms with E-state index in [4.69, 9.17) is 23.9 Å². The van der Waals surface area contributed by atoms with E-state index in [0.29, 0.717) is 0 Å². The van der Waals surface area contributed by atoms with Gasteiger partial charge in [-0.05, 0) is 75.3 Å². The molecule has 3 aliphatic rings. The summed E-state index contributed by atoms with van der Waals surface area (Å²) in [5.41, 5.74) is 6.50. The van der Waals surface area contributed by atoms with Crippen molar-refractivity contribution >= 4 is 33.1 Å². The summed E-state index contributed by atoms with van der Waals surface area (Å²) in [6.07, 6.45) is 6.53. The third-order valence-corrected chi connectivity index (χ3v) is 7.88. The second-order valence-corrected chi connectivity index (χ2v) is 10.2. The van der Waals surface area contributed by atoms with Gasteiger partial charge in [-0.15, -0.1) is 0 Å². The number of nitrogens with zero attached hydrogens (tertiary/aromatic N) is 5. The summed E-state index contributed by atoms with van der Waals surface area (Å²) in [5, 5.41) is 8.25. The van der Waals surface area contributed by atoms with Crippen molar-refractivity contribution in [2.24, 2.45) is 0 Å². The van der Waals surface area contributed by atoms with Crippen molar-refractivity contribution in [1.29, 1.82) is 0 Å². The lowest BCUT2D eigenvalue weighted by molar-refractivity contribution is -0.0385. The predicted octanol–water partition coefficient (Wildman–Crippen LogP) is 4.16. The van der Waals surface area contributed by atoms with Crippen LogP contribution in [0.4, 0.5) is 5.82 Å². The minimum atomic E-state index is -0.0387. The first-order valence-electron chi connectivity index (χ1n) is 12.4. The molecule has 3 aliphatic heterocycles. The molecule has 6 heterocycles. The van der Waals surface area contributed by atoms with Crippen LogP contribution in [0.15, 0.2) is 18.2 Å². The molecule has 2 atom stereocenters. The van der Waals surface area contributed by atoms with E-state index in [9.17, 15) is 0 Å². The average molecular weight is 481 g/mol. The van der Waals surface area contributed by atoms with Gasteiger partial charge in [0, 0.05) is 25.3 Å². The molecule has 3 aromatic heterocycles. The van der Waals surface area contributed by atoms with Crippen LogP contribution in [0.2, 0.25) is 0 Å². The van der Waals surface area contributed by atoms with Gasteiger partial charge in [-0.2, -0.15) is 9.47 Å². The van der Waals surface area contributed by atoms with Crippen LogP contribution in [0.5, 0.6) is 0 Å². The van der Waals surface area contributed by atoms with Crippen LogP contribution >= 0.6 is 11.5 Å². The van der Waals surface area contributed by atoms with Crippen molar-refractivity contribution in [2.45, 2.75) is 51.8 Å². The number of anilines is 1. The smallest absolute Gasteiger partial charge is 0.150 e. The predicted molar refractivity (Wildman–Crippen MR) is 135 cm³/mol. The Kier molecular flexibility index (Phi) is 6.11. The number of aromatic nitrogens is 4. The third kappa shape index (κ3) is 4.04. The lowest BCUT2D eigenvalue weighted by atomic mass is 9.99. The molecule has 8 nitrogen and oxygen atoms in total. The average Bonchev–Trinajstić information content (AvgIpc) is 3.48. The number of ether oxygens (including phenoxy) is 2. The maximum atomic E-state index is 6.10. The first-order chi connectivity index (χ1) is 16.7. The van der Waals surface area contributed by atoms with Crippen molar-refractivity contribution in [1.82, 2.24) is 24.5 Å². The molecule has 0 spiro atoms. The van der Waals surface area contributed by atoms with Gasteiger partial charge in [0.1, 0.15) is 17.0 Å². The summed E-state index contributed by atoms with van der Waals surface area (Å²) in [4.78, 5) is 7.61. The molecule has 9 heteroatoms. The second-order valence-electron chi connectivity index (χ2n) is 9.47. The Bertz CT molecular complexity index is 1210. The van der Waals surface area contributed by atoms with Crippen molar-refractivity contribution in [3.8, 4) is 11.4 Å². The zero-order valence-corrected chi connectivity index (χ0v) is 20.7. The number of hydrogen-bond acceptors (Lipinski definition) is 8. The van der Waals surface area contributed by atoms with Gasteiger partial charge in [0.05, 0.1) is 35.3 Å². The summed E-state index contributed by atoms with van der Waals surface area (Å²) in [6.45, 7) is 9.23. The number of rotatable bonds is 4. The first kappa shape index (κ1) is 22.2. The summed E-state index contributed by atoms with van der Waals surface area (Å²) >= 11 is 1.55. The molecular weight excluding hydrogens is 448 g/mol. The second kappa shape index (κ2) is 9.37. The fourth-order valence-corrected chi connectivity index (χ4v) is 6.11. The van der Waals surface area contributed by atoms with Gasteiger partial charge in [-0.3, -0.25) is 0 Å². The Labute approximate surface area is 204 Å². The van der Waals surface area contributed by atoms with Crippen LogP contribution in [0, 0.1) is 6.92 Å². The largest absolute Gasteiger partial charge is 0.377 e. The van der Waals surface area contributed by atoms with E-state index in [1.54, 1.807) is 11.5 Å². The van der Waals surface area contributed by atoms with E-state index in [1.165, 1.54) is 11.1 Å². The maximum absolute atomic E-state index is 6.10. The normalized spacial score (nSPS) is 23.9. The Morgan fingerprint density at radius 3 is 2.94 bits per heavy atom. The molecule has 34 heavy (non-hydrogen) atoms. The third-order valence-electron chi connectivity index (χ3n) is 7.01. The molecule has 0 radical (unpaired) electrons. The highest BCUT2D eigenvalue weighted by Crippen LogP contribution is 2.39. The molecule has 0 aliphatic carbocycles. The molecule has 1 unspecified atom stereocenters. The van der Waals surface area contributed by atoms with Crippen LogP contribution < -0.4 is 10.2 Å². The highest BCUT2D eigenvalue weighted by molar-refractivity contribution is 7.14. The number of pyridine rings is 1. The summed E-state index contributed by atoms with van der Waals surface area (Å²) < 4.78 is 20.0. The van der Waals surface area contributed by atoms with Crippen LogP contribution in [-0.2, 0) is 9.47 Å². The van der Waals surface area contributed by atoms with E-state index in [-0.39, 0.29) is 12.3 Å². The van der Waals surface area contributed by atoms with Crippen molar-refractivity contribution in [3.63, 3.8) is 0 Å².